The van der Waals surface area contributed by atoms with Gasteiger partial charge in [-0.15, -0.1) is 0 Å². The summed E-state index contributed by atoms with van der Waals surface area (Å²) < 4.78 is 27.4. The van der Waals surface area contributed by atoms with Crippen molar-refractivity contribution in [1.29, 1.82) is 0 Å². The third kappa shape index (κ3) is 5.37. The molecule has 0 heterocycles. The van der Waals surface area contributed by atoms with E-state index in [4.69, 9.17) is 23.2 Å². The van der Waals surface area contributed by atoms with E-state index in [0.29, 0.717) is 5.56 Å². The number of amides is 1. The zero-order chi connectivity index (χ0) is 19.3. The highest BCUT2D eigenvalue weighted by atomic mass is 35.5. The number of carbonyl (C=O) groups excluding carboxylic acids is 1. The molecule has 0 bridgehead atoms. The van der Waals surface area contributed by atoms with E-state index in [1.807, 2.05) is 13.8 Å². The normalized spacial score (nSPS) is 12.5. The predicted molar refractivity (Wildman–Crippen MR) is 106 cm³/mol. The third-order valence-corrected chi connectivity index (χ3v) is 5.80. The van der Waals surface area contributed by atoms with Crippen molar-refractivity contribution in [2.75, 3.05) is 4.72 Å². The van der Waals surface area contributed by atoms with E-state index in [9.17, 15) is 13.2 Å². The van der Waals surface area contributed by atoms with Crippen molar-refractivity contribution in [1.82, 2.24) is 5.32 Å². The molecule has 0 fully saturated rings. The van der Waals surface area contributed by atoms with Crippen LogP contribution in [0.25, 0.3) is 0 Å². The van der Waals surface area contributed by atoms with Gasteiger partial charge in [0.25, 0.3) is 15.9 Å². The van der Waals surface area contributed by atoms with Crippen LogP contribution in [0.2, 0.25) is 10.0 Å². The van der Waals surface area contributed by atoms with E-state index in [2.05, 4.69) is 10.0 Å². The molecule has 2 N–H and O–H groups in total. The highest BCUT2D eigenvalue weighted by Crippen LogP contribution is 2.26. The minimum absolute atomic E-state index is 0.0154. The minimum atomic E-state index is -3.85. The van der Waals surface area contributed by atoms with Crippen LogP contribution in [0.5, 0.6) is 0 Å². The van der Waals surface area contributed by atoms with Crippen molar-refractivity contribution < 1.29 is 13.2 Å². The van der Waals surface area contributed by atoms with Crippen LogP contribution in [0.3, 0.4) is 0 Å². The van der Waals surface area contributed by atoms with Crippen molar-refractivity contribution in [3.05, 3.63) is 58.1 Å². The molecule has 0 aliphatic rings. The Kier molecular flexibility index (Phi) is 6.92. The molecule has 1 unspecified atom stereocenters. The van der Waals surface area contributed by atoms with Gasteiger partial charge in [-0.1, -0.05) is 42.6 Å². The third-order valence-electron chi connectivity index (χ3n) is 3.68. The molecule has 0 saturated carbocycles. The lowest BCUT2D eigenvalue weighted by atomic mass is 10.1. The molecule has 2 aromatic rings. The zero-order valence-corrected chi connectivity index (χ0v) is 16.8. The first kappa shape index (κ1) is 20.6. The molecular weight excluding hydrogens is 395 g/mol. The van der Waals surface area contributed by atoms with Crippen LogP contribution in [-0.4, -0.2) is 20.4 Å². The fraction of sp³-hybridized carbons (Fsp3) is 0.278. The summed E-state index contributed by atoms with van der Waals surface area (Å²) in [6.07, 6.45) is 1.83. The summed E-state index contributed by atoms with van der Waals surface area (Å²) in [5.41, 5.74) is 0.661. The van der Waals surface area contributed by atoms with E-state index in [1.54, 1.807) is 18.2 Å². The molecule has 140 valence electrons. The Hall–Kier alpha value is -1.76. The maximum absolute atomic E-state index is 12.5. The van der Waals surface area contributed by atoms with Crippen LogP contribution < -0.4 is 10.0 Å². The zero-order valence-electron chi connectivity index (χ0n) is 14.4. The summed E-state index contributed by atoms with van der Waals surface area (Å²) in [5.74, 6) is -0.249. The van der Waals surface area contributed by atoms with E-state index in [-0.39, 0.29) is 32.6 Å². The Morgan fingerprint density at radius 2 is 1.85 bits per heavy atom. The molecule has 2 aromatic carbocycles. The van der Waals surface area contributed by atoms with Gasteiger partial charge in [0.1, 0.15) is 0 Å². The van der Waals surface area contributed by atoms with Crippen molar-refractivity contribution in [2.45, 2.75) is 37.6 Å². The number of sulfonamides is 1. The van der Waals surface area contributed by atoms with Crippen LogP contribution in [0.15, 0.2) is 47.4 Å². The van der Waals surface area contributed by atoms with Crippen LogP contribution in [-0.2, 0) is 10.0 Å². The molecule has 5 nitrogen and oxygen atoms in total. The number of anilines is 1. The highest BCUT2D eigenvalue weighted by molar-refractivity contribution is 7.92. The number of carbonyl (C=O) groups is 1. The van der Waals surface area contributed by atoms with Gasteiger partial charge in [-0.3, -0.25) is 9.52 Å². The fourth-order valence-corrected chi connectivity index (χ4v) is 3.83. The second-order valence-electron chi connectivity index (χ2n) is 5.93. The van der Waals surface area contributed by atoms with Crippen LogP contribution in [0, 0.1) is 0 Å². The summed E-state index contributed by atoms with van der Waals surface area (Å²) >= 11 is 11.7. The number of hydrogen-bond acceptors (Lipinski definition) is 3. The van der Waals surface area contributed by atoms with Crippen LogP contribution in [0.1, 0.15) is 37.0 Å². The van der Waals surface area contributed by atoms with Gasteiger partial charge >= 0.3 is 0 Å². The largest absolute Gasteiger partial charge is 0.350 e. The van der Waals surface area contributed by atoms with E-state index >= 15 is 0 Å². The molecule has 1 amide bonds. The molecule has 0 radical (unpaired) electrons. The summed E-state index contributed by atoms with van der Waals surface area (Å²) in [4.78, 5) is 12.3. The van der Waals surface area contributed by atoms with Gasteiger partial charge < -0.3 is 5.32 Å². The first-order valence-corrected chi connectivity index (χ1v) is 10.4. The standard InChI is InChI=1S/C18H20Cl2N2O3S/c1-3-5-12(2)21-18(23)13-6-4-7-14(10-13)22-26(24,25)15-8-9-16(19)17(20)11-15/h4,6-12,22H,3,5H2,1-2H3,(H,21,23). The van der Waals surface area contributed by atoms with Crippen molar-refractivity contribution in [3.63, 3.8) is 0 Å². The Balaban J connectivity index is 2.19. The Morgan fingerprint density at radius 3 is 2.50 bits per heavy atom. The lowest BCUT2D eigenvalue weighted by Gasteiger charge is -2.14. The Morgan fingerprint density at radius 1 is 1.12 bits per heavy atom. The molecule has 0 spiro atoms. The van der Waals surface area contributed by atoms with Gasteiger partial charge in [0.15, 0.2) is 0 Å². The molecule has 26 heavy (non-hydrogen) atoms. The van der Waals surface area contributed by atoms with Gasteiger partial charge in [-0.2, -0.15) is 0 Å². The second kappa shape index (κ2) is 8.75. The van der Waals surface area contributed by atoms with Gasteiger partial charge in [-0.25, -0.2) is 8.42 Å². The number of rotatable bonds is 7. The maximum atomic E-state index is 12.5. The number of nitrogens with one attached hydrogen (secondary N) is 2. The lowest BCUT2D eigenvalue weighted by molar-refractivity contribution is 0.0938. The average molecular weight is 415 g/mol. The monoisotopic (exact) mass is 414 g/mol. The second-order valence-corrected chi connectivity index (χ2v) is 8.42. The molecule has 0 saturated heterocycles. The summed E-state index contributed by atoms with van der Waals surface area (Å²) in [6.45, 7) is 3.97. The summed E-state index contributed by atoms with van der Waals surface area (Å²) in [5, 5.41) is 3.30. The van der Waals surface area contributed by atoms with Crippen LogP contribution in [0.4, 0.5) is 5.69 Å². The molecule has 1 atom stereocenters. The topological polar surface area (TPSA) is 75.3 Å². The van der Waals surface area contributed by atoms with Crippen molar-refractivity contribution in [3.8, 4) is 0 Å². The summed E-state index contributed by atoms with van der Waals surface area (Å²) in [7, 11) is -3.85. The molecule has 0 aliphatic heterocycles. The number of halogens is 2. The molecule has 8 heteroatoms. The van der Waals surface area contributed by atoms with Crippen LogP contribution >= 0.6 is 23.2 Å². The fourth-order valence-electron chi connectivity index (χ4n) is 2.39. The minimum Gasteiger partial charge on any atom is -0.350 e. The Bertz CT molecular complexity index is 901. The molecule has 0 aliphatic carbocycles. The molecule has 2 rings (SSSR count). The van der Waals surface area contributed by atoms with E-state index < -0.39 is 10.0 Å². The predicted octanol–water partition coefficient (Wildman–Crippen LogP) is 4.71. The van der Waals surface area contributed by atoms with Gasteiger partial charge in [-0.05, 0) is 49.7 Å². The molecular formula is C18H20Cl2N2O3S. The van der Waals surface area contributed by atoms with Crippen molar-refractivity contribution in [2.24, 2.45) is 0 Å². The van der Waals surface area contributed by atoms with E-state index in [0.717, 1.165) is 12.8 Å². The quantitative estimate of drug-likeness (QED) is 0.688. The number of benzene rings is 2. The average Bonchev–Trinajstić information content (AvgIpc) is 2.57. The molecule has 0 aromatic heterocycles. The SMILES string of the molecule is CCCC(C)NC(=O)c1cccc(NS(=O)(=O)c2ccc(Cl)c(Cl)c2)c1. The lowest BCUT2D eigenvalue weighted by Crippen LogP contribution is -2.32. The maximum Gasteiger partial charge on any atom is 0.261 e. The van der Waals surface area contributed by atoms with Gasteiger partial charge in [0, 0.05) is 17.3 Å². The van der Waals surface area contributed by atoms with E-state index in [1.165, 1.54) is 24.3 Å². The van der Waals surface area contributed by atoms with Gasteiger partial charge in [0.05, 0.1) is 14.9 Å². The summed E-state index contributed by atoms with van der Waals surface area (Å²) in [6, 6.07) is 10.4. The Labute approximate surface area is 163 Å². The highest BCUT2D eigenvalue weighted by Gasteiger charge is 2.17. The first-order valence-electron chi connectivity index (χ1n) is 8.11. The first-order chi connectivity index (χ1) is 12.2. The smallest absolute Gasteiger partial charge is 0.261 e. The van der Waals surface area contributed by atoms with Gasteiger partial charge in [0.2, 0.25) is 0 Å². The number of hydrogen-bond donors (Lipinski definition) is 2. The van der Waals surface area contributed by atoms with Crippen molar-refractivity contribution >= 4 is 44.8 Å².